The number of ether oxygens (including phenoxy) is 3. The molecule has 488 valence electrons. The van der Waals surface area contributed by atoms with Gasteiger partial charge in [0.2, 0.25) is 0 Å². The highest BCUT2D eigenvalue weighted by molar-refractivity contribution is 5.71. The fourth-order valence-corrected chi connectivity index (χ4v) is 11.5. The van der Waals surface area contributed by atoms with E-state index in [-0.39, 0.29) is 31.1 Å². The molecule has 83 heavy (non-hydrogen) atoms. The highest BCUT2D eigenvalue weighted by Crippen LogP contribution is 2.19. The molecule has 0 rings (SSSR count). The fourth-order valence-electron chi connectivity index (χ4n) is 11.5. The van der Waals surface area contributed by atoms with Gasteiger partial charge in [0.05, 0.1) is 0 Å². The average molecular weight is 1170 g/mol. The molecule has 1 unspecified atom stereocenters. The lowest BCUT2D eigenvalue weighted by molar-refractivity contribution is -0.167. The zero-order valence-electron chi connectivity index (χ0n) is 56.2. The van der Waals surface area contributed by atoms with Crippen molar-refractivity contribution in [2.75, 3.05) is 13.2 Å². The smallest absolute Gasteiger partial charge is 0.306 e. The molecule has 0 spiro atoms. The Hall–Kier alpha value is -2.37. The summed E-state index contributed by atoms with van der Waals surface area (Å²) in [7, 11) is 0. The Morgan fingerprint density at radius 1 is 0.241 bits per heavy atom. The SMILES string of the molecule is CCC/C=C\CCCCCCCC(=O)OCC(COC(=O)CCCCCCCCCCCCCCCCCCCCCCCCCCCCCC)OC(=O)CCCCCCCCCCCCCCCCC/C=C\C/C=C\CCCCCCC. The molecule has 0 aliphatic heterocycles. The van der Waals surface area contributed by atoms with E-state index in [1.807, 2.05) is 0 Å². The molecular weight excluding hydrogens is 1020 g/mol. The maximum atomic E-state index is 13.0. The summed E-state index contributed by atoms with van der Waals surface area (Å²) in [5.74, 6) is -0.851. The lowest BCUT2D eigenvalue weighted by atomic mass is 10.0. The monoisotopic (exact) mass is 1170 g/mol. The Bertz CT molecular complexity index is 1380. The molecule has 6 nitrogen and oxygen atoms in total. The van der Waals surface area contributed by atoms with Gasteiger partial charge in [-0.15, -0.1) is 0 Å². The van der Waals surface area contributed by atoms with E-state index in [1.54, 1.807) is 0 Å². The van der Waals surface area contributed by atoms with Crippen molar-refractivity contribution < 1.29 is 28.6 Å². The van der Waals surface area contributed by atoms with Gasteiger partial charge < -0.3 is 14.2 Å². The maximum absolute atomic E-state index is 13.0. The van der Waals surface area contributed by atoms with Gasteiger partial charge in [0.1, 0.15) is 13.2 Å². The quantitative estimate of drug-likeness (QED) is 0.0261. The molecule has 0 heterocycles. The Balaban J connectivity index is 4.10. The average Bonchev–Trinajstić information content (AvgIpc) is 3.48. The normalized spacial score (nSPS) is 12.2. The van der Waals surface area contributed by atoms with E-state index in [0.29, 0.717) is 19.3 Å². The molecule has 0 saturated carbocycles. The summed E-state index contributed by atoms with van der Waals surface area (Å²) in [6, 6.07) is 0. The summed E-state index contributed by atoms with van der Waals surface area (Å²) < 4.78 is 17.0. The third-order valence-electron chi connectivity index (χ3n) is 17.1. The molecule has 0 saturated heterocycles. The fraction of sp³-hybridized carbons (Fsp3) is 0.883. The summed E-state index contributed by atoms with van der Waals surface area (Å²) in [6.07, 6.45) is 90.7. The van der Waals surface area contributed by atoms with Crippen LogP contribution in [0.15, 0.2) is 36.5 Å². The van der Waals surface area contributed by atoms with Crippen LogP contribution in [-0.4, -0.2) is 37.2 Å². The molecule has 0 fully saturated rings. The van der Waals surface area contributed by atoms with Crippen molar-refractivity contribution in [2.45, 2.75) is 425 Å². The zero-order chi connectivity index (χ0) is 59.9. The van der Waals surface area contributed by atoms with Crippen LogP contribution in [0.2, 0.25) is 0 Å². The van der Waals surface area contributed by atoms with Crippen molar-refractivity contribution in [3.63, 3.8) is 0 Å². The van der Waals surface area contributed by atoms with Crippen molar-refractivity contribution in [1.29, 1.82) is 0 Å². The van der Waals surface area contributed by atoms with Crippen LogP contribution in [0.1, 0.15) is 419 Å². The van der Waals surface area contributed by atoms with Crippen LogP contribution in [0.4, 0.5) is 0 Å². The van der Waals surface area contributed by atoms with E-state index in [0.717, 1.165) is 77.0 Å². The predicted molar refractivity (Wildman–Crippen MR) is 362 cm³/mol. The highest BCUT2D eigenvalue weighted by Gasteiger charge is 2.20. The summed E-state index contributed by atoms with van der Waals surface area (Å²) >= 11 is 0. The van der Waals surface area contributed by atoms with Crippen molar-refractivity contribution >= 4 is 17.9 Å². The number of allylic oxidation sites excluding steroid dienone is 6. The molecule has 0 aliphatic rings. The maximum Gasteiger partial charge on any atom is 0.306 e. The van der Waals surface area contributed by atoms with Crippen LogP contribution in [0.3, 0.4) is 0 Å². The van der Waals surface area contributed by atoms with Gasteiger partial charge in [0.25, 0.3) is 0 Å². The Kier molecular flexibility index (Phi) is 70.0. The minimum atomic E-state index is -0.774. The molecule has 6 heteroatoms. The third kappa shape index (κ3) is 70.3. The third-order valence-corrected chi connectivity index (χ3v) is 17.1. The van der Waals surface area contributed by atoms with Gasteiger partial charge in [-0.1, -0.05) is 365 Å². The molecule has 0 N–H and O–H groups in total. The van der Waals surface area contributed by atoms with Gasteiger partial charge in [0.15, 0.2) is 6.10 Å². The second-order valence-corrected chi connectivity index (χ2v) is 25.6. The minimum absolute atomic E-state index is 0.0694. The van der Waals surface area contributed by atoms with Crippen LogP contribution < -0.4 is 0 Å². The molecule has 0 aromatic carbocycles. The molecule has 0 aliphatic carbocycles. The zero-order valence-corrected chi connectivity index (χ0v) is 56.2. The number of hydrogen-bond acceptors (Lipinski definition) is 6. The summed E-state index contributed by atoms with van der Waals surface area (Å²) in [6.45, 7) is 6.64. The van der Waals surface area contributed by atoms with Gasteiger partial charge in [-0.2, -0.15) is 0 Å². The first-order valence-corrected chi connectivity index (χ1v) is 37.5. The van der Waals surface area contributed by atoms with Crippen LogP contribution in [0.25, 0.3) is 0 Å². The standard InChI is InChI=1S/C77H144O6/c1-4-7-10-13-16-19-22-24-26-28-30-32-34-36-38-40-41-43-45-47-49-51-53-55-58-61-64-67-70-76(79)82-73-74(72-81-75(78)69-66-63-60-57-21-18-15-12-9-6-3)83-77(80)71-68-65-62-59-56-54-52-50-48-46-44-42-39-37-35-33-31-29-27-25-23-20-17-14-11-8-5-2/h12,15,23,25,29,31,74H,4-11,13-14,16-22,24,26-28,30,32-73H2,1-3H3/b15-12-,25-23-,31-29-. The van der Waals surface area contributed by atoms with Crippen LogP contribution in [0.5, 0.6) is 0 Å². The molecule has 0 aromatic rings. The van der Waals surface area contributed by atoms with Gasteiger partial charge in [-0.05, 0) is 70.6 Å². The molecule has 0 bridgehead atoms. The van der Waals surface area contributed by atoms with Crippen LogP contribution >= 0.6 is 0 Å². The molecule has 1 atom stereocenters. The van der Waals surface area contributed by atoms with E-state index < -0.39 is 6.10 Å². The van der Waals surface area contributed by atoms with Gasteiger partial charge >= 0.3 is 17.9 Å². The first kappa shape index (κ1) is 80.6. The minimum Gasteiger partial charge on any atom is -0.462 e. The molecule has 0 radical (unpaired) electrons. The number of carbonyl (C=O) groups is 3. The number of carbonyl (C=O) groups excluding carboxylic acids is 3. The van der Waals surface area contributed by atoms with Gasteiger partial charge in [0, 0.05) is 19.3 Å². The second-order valence-electron chi connectivity index (χ2n) is 25.6. The largest absolute Gasteiger partial charge is 0.462 e. The summed E-state index contributed by atoms with van der Waals surface area (Å²) in [5, 5.41) is 0. The first-order valence-electron chi connectivity index (χ1n) is 37.5. The van der Waals surface area contributed by atoms with Crippen molar-refractivity contribution in [2.24, 2.45) is 0 Å². The van der Waals surface area contributed by atoms with E-state index in [2.05, 4.69) is 57.2 Å². The number of unbranched alkanes of at least 4 members (excludes halogenated alkanes) is 53. The van der Waals surface area contributed by atoms with Crippen LogP contribution in [-0.2, 0) is 28.6 Å². The molecule has 0 aromatic heterocycles. The Morgan fingerprint density at radius 3 is 0.723 bits per heavy atom. The van der Waals surface area contributed by atoms with Gasteiger partial charge in [-0.3, -0.25) is 14.4 Å². The summed E-state index contributed by atoms with van der Waals surface area (Å²) in [4.78, 5) is 38.4. The number of hydrogen-bond donors (Lipinski definition) is 0. The topological polar surface area (TPSA) is 78.9 Å². The Labute approximate surface area is 518 Å². The molecular formula is C77H144O6. The lowest BCUT2D eigenvalue weighted by Crippen LogP contribution is -2.30. The second kappa shape index (κ2) is 72.1. The van der Waals surface area contributed by atoms with Crippen LogP contribution in [0, 0.1) is 0 Å². The first-order chi connectivity index (χ1) is 41.0. The molecule has 0 amide bonds. The number of esters is 3. The van der Waals surface area contributed by atoms with E-state index in [9.17, 15) is 14.4 Å². The predicted octanol–water partition coefficient (Wildman–Crippen LogP) is 25.9. The Morgan fingerprint density at radius 2 is 0.458 bits per heavy atom. The highest BCUT2D eigenvalue weighted by atomic mass is 16.6. The van der Waals surface area contributed by atoms with Crippen molar-refractivity contribution in [3.8, 4) is 0 Å². The van der Waals surface area contributed by atoms with E-state index >= 15 is 0 Å². The van der Waals surface area contributed by atoms with E-state index in [1.165, 1.54) is 302 Å². The van der Waals surface area contributed by atoms with E-state index in [4.69, 9.17) is 14.2 Å². The lowest BCUT2D eigenvalue weighted by Gasteiger charge is -2.18. The van der Waals surface area contributed by atoms with Crippen molar-refractivity contribution in [1.82, 2.24) is 0 Å². The van der Waals surface area contributed by atoms with Crippen molar-refractivity contribution in [3.05, 3.63) is 36.5 Å². The number of rotatable bonds is 70. The van der Waals surface area contributed by atoms with Gasteiger partial charge in [-0.25, -0.2) is 0 Å². The summed E-state index contributed by atoms with van der Waals surface area (Å²) in [5.41, 5.74) is 0.